The fourth-order valence-electron chi connectivity index (χ4n) is 2.39. The molecule has 1 rings (SSSR count). The SMILES string of the molecule is CCNC(=NCC(C)Oc1cccc(C)c1)NCCCN(C)S(=O)(=O)CC.I. The molecule has 7 nitrogen and oxygen atoms in total. The van der Waals surface area contributed by atoms with Crippen molar-refractivity contribution in [3.8, 4) is 5.75 Å². The molecule has 0 radical (unpaired) electrons. The number of guanidine groups is 1. The molecule has 0 aliphatic rings. The van der Waals surface area contributed by atoms with Crippen LogP contribution in [0.3, 0.4) is 0 Å². The molecule has 28 heavy (non-hydrogen) atoms. The first-order valence-corrected chi connectivity index (χ1v) is 11.1. The predicted molar refractivity (Wildman–Crippen MR) is 127 cm³/mol. The van der Waals surface area contributed by atoms with Gasteiger partial charge in [-0.1, -0.05) is 12.1 Å². The first-order valence-electron chi connectivity index (χ1n) is 9.48. The van der Waals surface area contributed by atoms with E-state index in [0.29, 0.717) is 32.0 Å². The smallest absolute Gasteiger partial charge is 0.213 e. The Balaban J connectivity index is 0.00000729. The van der Waals surface area contributed by atoms with Gasteiger partial charge in [0.1, 0.15) is 11.9 Å². The molecular weight excluding hydrogens is 491 g/mol. The highest BCUT2D eigenvalue weighted by Gasteiger charge is 2.14. The molecule has 0 bridgehead atoms. The number of halogens is 1. The van der Waals surface area contributed by atoms with Gasteiger partial charge in [0.05, 0.1) is 12.3 Å². The van der Waals surface area contributed by atoms with Crippen LogP contribution in [0.4, 0.5) is 0 Å². The van der Waals surface area contributed by atoms with Crippen molar-refractivity contribution in [1.29, 1.82) is 0 Å². The summed E-state index contributed by atoms with van der Waals surface area (Å²) < 4.78 is 30.8. The van der Waals surface area contributed by atoms with E-state index in [1.54, 1.807) is 14.0 Å². The minimum atomic E-state index is -3.12. The molecule has 0 amide bonds. The first-order chi connectivity index (χ1) is 12.8. The highest BCUT2D eigenvalue weighted by molar-refractivity contribution is 14.0. The molecule has 0 aromatic heterocycles. The molecule has 2 N–H and O–H groups in total. The Labute approximate surface area is 187 Å². The van der Waals surface area contributed by atoms with Gasteiger partial charge in [0.15, 0.2) is 5.96 Å². The van der Waals surface area contributed by atoms with Gasteiger partial charge in [-0.3, -0.25) is 0 Å². The summed E-state index contributed by atoms with van der Waals surface area (Å²) in [6.45, 7) is 10.1. The maximum atomic E-state index is 11.7. The number of rotatable bonds is 11. The molecule has 162 valence electrons. The lowest BCUT2D eigenvalue weighted by Crippen LogP contribution is -2.39. The van der Waals surface area contributed by atoms with Gasteiger partial charge in [0.2, 0.25) is 10.0 Å². The lowest BCUT2D eigenvalue weighted by molar-refractivity contribution is 0.230. The van der Waals surface area contributed by atoms with Crippen molar-refractivity contribution in [3.05, 3.63) is 29.8 Å². The van der Waals surface area contributed by atoms with Gasteiger partial charge in [0, 0.05) is 26.7 Å². The third-order valence-electron chi connectivity index (χ3n) is 3.96. The molecule has 0 saturated carbocycles. The zero-order chi connectivity index (χ0) is 20.3. The van der Waals surface area contributed by atoms with Gasteiger partial charge in [-0.25, -0.2) is 17.7 Å². The van der Waals surface area contributed by atoms with E-state index in [4.69, 9.17) is 4.74 Å². The van der Waals surface area contributed by atoms with Crippen molar-refractivity contribution in [3.63, 3.8) is 0 Å². The summed E-state index contributed by atoms with van der Waals surface area (Å²) in [5.74, 6) is 1.67. The fourth-order valence-corrected chi connectivity index (χ4v) is 3.24. The number of benzene rings is 1. The predicted octanol–water partition coefficient (Wildman–Crippen LogP) is 2.61. The summed E-state index contributed by atoms with van der Waals surface area (Å²) in [6, 6.07) is 7.95. The van der Waals surface area contributed by atoms with Crippen LogP contribution in [0.1, 0.15) is 32.8 Å². The Morgan fingerprint density at radius 3 is 2.61 bits per heavy atom. The Hall–Kier alpha value is -1.07. The number of hydrogen-bond acceptors (Lipinski definition) is 4. The normalized spacial score (nSPS) is 13.0. The van der Waals surface area contributed by atoms with E-state index in [0.717, 1.165) is 17.9 Å². The molecule has 1 aromatic carbocycles. The average molecular weight is 526 g/mol. The third-order valence-corrected chi connectivity index (χ3v) is 5.82. The molecule has 0 saturated heterocycles. The van der Waals surface area contributed by atoms with Crippen molar-refractivity contribution >= 4 is 40.0 Å². The van der Waals surface area contributed by atoms with E-state index in [1.165, 1.54) is 4.31 Å². The second-order valence-corrected chi connectivity index (χ2v) is 8.83. The molecule has 0 aliphatic carbocycles. The number of ether oxygens (including phenoxy) is 1. The molecular formula is C19H35IN4O3S. The first kappa shape index (κ1) is 26.9. The Bertz CT molecular complexity index is 698. The van der Waals surface area contributed by atoms with Crippen LogP contribution in [0.15, 0.2) is 29.3 Å². The number of nitrogens with zero attached hydrogens (tertiary/aromatic N) is 2. The van der Waals surface area contributed by atoms with Crippen molar-refractivity contribution in [2.24, 2.45) is 4.99 Å². The largest absolute Gasteiger partial charge is 0.489 e. The Kier molecular flexibility index (Phi) is 13.5. The van der Waals surface area contributed by atoms with E-state index in [2.05, 4.69) is 15.6 Å². The zero-order valence-electron chi connectivity index (χ0n) is 17.6. The maximum Gasteiger partial charge on any atom is 0.213 e. The topological polar surface area (TPSA) is 83.0 Å². The zero-order valence-corrected chi connectivity index (χ0v) is 20.7. The van der Waals surface area contributed by atoms with Crippen LogP contribution < -0.4 is 15.4 Å². The van der Waals surface area contributed by atoms with Crippen molar-refractivity contribution in [1.82, 2.24) is 14.9 Å². The number of aliphatic imine (C=N–C) groups is 1. The Morgan fingerprint density at radius 2 is 2.00 bits per heavy atom. The van der Waals surface area contributed by atoms with Crippen LogP contribution in [0.25, 0.3) is 0 Å². The van der Waals surface area contributed by atoms with Crippen molar-refractivity contribution < 1.29 is 13.2 Å². The van der Waals surface area contributed by atoms with E-state index < -0.39 is 10.0 Å². The summed E-state index contributed by atoms with van der Waals surface area (Å²) in [7, 11) is -1.51. The lowest BCUT2D eigenvalue weighted by Gasteiger charge is -2.17. The van der Waals surface area contributed by atoms with Gasteiger partial charge in [-0.15, -0.1) is 24.0 Å². The van der Waals surface area contributed by atoms with Crippen LogP contribution in [-0.4, -0.2) is 63.8 Å². The highest BCUT2D eigenvalue weighted by atomic mass is 127. The summed E-state index contributed by atoms with van der Waals surface area (Å²) >= 11 is 0. The monoisotopic (exact) mass is 526 g/mol. The molecule has 1 aromatic rings. The molecule has 9 heteroatoms. The van der Waals surface area contributed by atoms with Crippen molar-refractivity contribution in [2.45, 2.75) is 40.2 Å². The molecule has 0 heterocycles. The number of hydrogen-bond donors (Lipinski definition) is 2. The molecule has 1 unspecified atom stereocenters. The van der Waals surface area contributed by atoms with Gasteiger partial charge in [0.25, 0.3) is 0 Å². The third kappa shape index (κ3) is 10.5. The number of aryl methyl sites for hydroxylation is 1. The van der Waals surface area contributed by atoms with Gasteiger partial charge in [-0.05, 0) is 51.8 Å². The lowest BCUT2D eigenvalue weighted by atomic mass is 10.2. The average Bonchev–Trinajstić information content (AvgIpc) is 2.62. The molecule has 0 spiro atoms. The quantitative estimate of drug-likeness (QED) is 0.201. The van der Waals surface area contributed by atoms with Gasteiger partial charge >= 0.3 is 0 Å². The summed E-state index contributed by atoms with van der Waals surface area (Å²) in [5.41, 5.74) is 1.16. The van der Waals surface area contributed by atoms with Crippen molar-refractivity contribution in [2.75, 3.05) is 39.0 Å². The van der Waals surface area contributed by atoms with Crippen LogP contribution >= 0.6 is 24.0 Å². The molecule has 0 fully saturated rings. The summed E-state index contributed by atoms with van der Waals surface area (Å²) in [6.07, 6.45) is 0.651. The number of nitrogens with one attached hydrogen (secondary N) is 2. The van der Waals surface area contributed by atoms with Gasteiger partial charge < -0.3 is 15.4 Å². The molecule has 1 atom stereocenters. The van der Waals surface area contributed by atoms with Crippen LogP contribution in [-0.2, 0) is 10.0 Å². The summed E-state index contributed by atoms with van der Waals surface area (Å²) in [5, 5.41) is 6.43. The Morgan fingerprint density at radius 1 is 1.29 bits per heavy atom. The standard InChI is InChI=1S/C19H34N4O3S.HI/c1-6-20-19(21-12-9-13-23(5)27(24,25)7-2)22-15-17(4)26-18-11-8-10-16(3)14-18;/h8,10-11,14,17H,6-7,9,12-13,15H2,1-5H3,(H2,20,21,22);1H. The van der Waals surface area contributed by atoms with Crippen LogP contribution in [0.5, 0.6) is 5.75 Å². The molecule has 0 aliphatic heterocycles. The van der Waals surface area contributed by atoms with Crippen LogP contribution in [0.2, 0.25) is 0 Å². The highest BCUT2D eigenvalue weighted by Crippen LogP contribution is 2.14. The second-order valence-electron chi connectivity index (χ2n) is 6.47. The van der Waals surface area contributed by atoms with Crippen LogP contribution in [0, 0.1) is 6.92 Å². The van der Waals surface area contributed by atoms with E-state index in [-0.39, 0.29) is 35.8 Å². The second kappa shape index (κ2) is 14.0. The van der Waals surface area contributed by atoms with E-state index in [1.807, 2.05) is 45.0 Å². The fraction of sp³-hybridized carbons (Fsp3) is 0.632. The van der Waals surface area contributed by atoms with Gasteiger partial charge in [-0.2, -0.15) is 0 Å². The number of sulfonamides is 1. The summed E-state index contributed by atoms with van der Waals surface area (Å²) in [4.78, 5) is 4.55. The minimum Gasteiger partial charge on any atom is -0.489 e. The van der Waals surface area contributed by atoms with E-state index in [9.17, 15) is 8.42 Å². The van der Waals surface area contributed by atoms with E-state index >= 15 is 0 Å². The minimum absolute atomic E-state index is 0. The maximum absolute atomic E-state index is 11.7.